The summed E-state index contributed by atoms with van der Waals surface area (Å²) < 4.78 is 0. The van der Waals surface area contributed by atoms with Crippen molar-refractivity contribution in [1.29, 1.82) is 0 Å². The minimum atomic E-state index is -0.350. The number of likely N-dealkylation sites (N-methyl/N-ethyl adjacent to an activating group) is 2. The Hall–Kier alpha value is -0.610. The van der Waals surface area contributed by atoms with Crippen LogP contribution in [0.1, 0.15) is 40.0 Å². The molecule has 106 valence electrons. The molecule has 18 heavy (non-hydrogen) atoms. The fraction of sp³-hybridized carbons (Fsp3) is 0.929. The Balaban J connectivity index is 2.49. The van der Waals surface area contributed by atoms with Gasteiger partial charge < -0.3 is 10.6 Å². The van der Waals surface area contributed by atoms with E-state index in [0.29, 0.717) is 6.04 Å². The highest BCUT2D eigenvalue weighted by atomic mass is 16.2. The molecule has 0 saturated carbocycles. The number of amides is 1. The van der Waals surface area contributed by atoms with Gasteiger partial charge in [0.2, 0.25) is 5.91 Å². The topological polar surface area (TPSA) is 49.6 Å². The quantitative estimate of drug-likeness (QED) is 0.778. The first-order valence-corrected chi connectivity index (χ1v) is 7.25. The van der Waals surface area contributed by atoms with E-state index in [1.165, 1.54) is 19.4 Å². The Morgan fingerprint density at radius 2 is 2.17 bits per heavy atom. The number of carbonyl (C=O) groups excluding carboxylic acids is 1. The molecule has 0 aromatic rings. The van der Waals surface area contributed by atoms with Gasteiger partial charge in [-0.2, -0.15) is 0 Å². The first-order chi connectivity index (χ1) is 8.51. The SMILES string of the molecule is CC[C@H](C)[C@H](N)C(=O)N(C)CC1CCCN1CC. The van der Waals surface area contributed by atoms with Crippen molar-refractivity contribution in [1.82, 2.24) is 9.80 Å². The summed E-state index contributed by atoms with van der Waals surface area (Å²) in [5, 5.41) is 0. The highest BCUT2D eigenvalue weighted by Gasteiger charge is 2.28. The van der Waals surface area contributed by atoms with Gasteiger partial charge in [-0.3, -0.25) is 9.69 Å². The number of hydrogen-bond donors (Lipinski definition) is 1. The molecule has 1 aliphatic rings. The highest BCUT2D eigenvalue weighted by molar-refractivity contribution is 5.81. The van der Waals surface area contributed by atoms with Gasteiger partial charge >= 0.3 is 0 Å². The average Bonchev–Trinajstić information content (AvgIpc) is 2.82. The summed E-state index contributed by atoms with van der Waals surface area (Å²) in [6.45, 7) is 9.37. The van der Waals surface area contributed by atoms with Crippen molar-refractivity contribution < 1.29 is 4.79 Å². The van der Waals surface area contributed by atoms with Gasteiger partial charge in [0.1, 0.15) is 0 Å². The van der Waals surface area contributed by atoms with Crippen LogP contribution in [0.15, 0.2) is 0 Å². The molecule has 1 amide bonds. The predicted molar refractivity (Wildman–Crippen MR) is 75.3 cm³/mol. The lowest BCUT2D eigenvalue weighted by atomic mass is 9.99. The number of hydrogen-bond acceptors (Lipinski definition) is 3. The molecule has 1 heterocycles. The summed E-state index contributed by atoms with van der Waals surface area (Å²) in [4.78, 5) is 16.5. The predicted octanol–water partition coefficient (Wildman–Crippen LogP) is 1.30. The maximum atomic E-state index is 12.2. The fourth-order valence-electron chi connectivity index (χ4n) is 2.68. The molecule has 1 rings (SSSR count). The van der Waals surface area contributed by atoms with E-state index in [1.54, 1.807) is 0 Å². The number of nitrogens with zero attached hydrogens (tertiary/aromatic N) is 2. The Labute approximate surface area is 111 Å². The molecule has 1 unspecified atom stereocenters. The largest absolute Gasteiger partial charge is 0.343 e. The van der Waals surface area contributed by atoms with E-state index in [2.05, 4.69) is 18.7 Å². The van der Waals surface area contributed by atoms with E-state index in [0.717, 1.165) is 19.5 Å². The second-order valence-corrected chi connectivity index (χ2v) is 5.55. The van der Waals surface area contributed by atoms with Crippen LogP contribution >= 0.6 is 0 Å². The minimum absolute atomic E-state index is 0.0901. The molecule has 2 N–H and O–H groups in total. The maximum absolute atomic E-state index is 12.2. The van der Waals surface area contributed by atoms with Crippen LogP contribution < -0.4 is 5.73 Å². The van der Waals surface area contributed by atoms with E-state index in [4.69, 9.17) is 5.73 Å². The smallest absolute Gasteiger partial charge is 0.239 e. The van der Waals surface area contributed by atoms with Gasteiger partial charge in [-0.25, -0.2) is 0 Å². The summed E-state index contributed by atoms with van der Waals surface area (Å²) in [5.74, 6) is 0.345. The van der Waals surface area contributed by atoms with Crippen LogP contribution in [-0.2, 0) is 4.79 Å². The third-order valence-corrected chi connectivity index (χ3v) is 4.31. The van der Waals surface area contributed by atoms with E-state index in [1.807, 2.05) is 18.9 Å². The molecule has 0 bridgehead atoms. The first kappa shape index (κ1) is 15.4. The van der Waals surface area contributed by atoms with Crippen LogP contribution in [-0.4, -0.2) is 54.5 Å². The molecular weight excluding hydrogens is 226 g/mol. The van der Waals surface area contributed by atoms with Crippen molar-refractivity contribution in [2.45, 2.75) is 52.1 Å². The zero-order chi connectivity index (χ0) is 13.7. The molecular formula is C14H29N3O. The van der Waals surface area contributed by atoms with Crippen molar-refractivity contribution in [2.75, 3.05) is 26.7 Å². The molecule has 0 spiro atoms. The summed E-state index contributed by atoms with van der Waals surface area (Å²) in [7, 11) is 1.89. The Kier molecular flexibility index (Phi) is 6.09. The van der Waals surface area contributed by atoms with Gasteiger partial charge in [0.25, 0.3) is 0 Å². The van der Waals surface area contributed by atoms with Crippen LogP contribution in [0.3, 0.4) is 0 Å². The van der Waals surface area contributed by atoms with E-state index < -0.39 is 0 Å². The molecule has 3 atom stereocenters. The molecule has 1 aliphatic heterocycles. The molecule has 0 radical (unpaired) electrons. The van der Waals surface area contributed by atoms with Crippen LogP contribution in [0.2, 0.25) is 0 Å². The second kappa shape index (κ2) is 7.10. The number of nitrogens with two attached hydrogens (primary N) is 1. The van der Waals surface area contributed by atoms with E-state index >= 15 is 0 Å². The Morgan fingerprint density at radius 1 is 1.50 bits per heavy atom. The van der Waals surface area contributed by atoms with Gasteiger partial charge in [-0.05, 0) is 31.8 Å². The van der Waals surface area contributed by atoms with Crippen molar-refractivity contribution in [2.24, 2.45) is 11.7 Å². The zero-order valence-corrected chi connectivity index (χ0v) is 12.4. The normalized spacial score (nSPS) is 23.9. The van der Waals surface area contributed by atoms with E-state index in [-0.39, 0.29) is 17.9 Å². The number of carbonyl (C=O) groups is 1. The molecule has 1 fully saturated rings. The number of rotatable bonds is 6. The van der Waals surface area contributed by atoms with Gasteiger partial charge in [0.05, 0.1) is 6.04 Å². The lowest BCUT2D eigenvalue weighted by Gasteiger charge is -2.30. The van der Waals surface area contributed by atoms with Crippen molar-refractivity contribution in [3.8, 4) is 0 Å². The van der Waals surface area contributed by atoms with Gasteiger partial charge in [0.15, 0.2) is 0 Å². The minimum Gasteiger partial charge on any atom is -0.343 e. The zero-order valence-electron chi connectivity index (χ0n) is 12.4. The number of likely N-dealkylation sites (tertiary alicyclic amines) is 1. The average molecular weight is 255 g/mol. The molecule has 0 aliphatic carbocycles. The van der Waals surface area contributed by atoms with Gasteiger partial charge in [-0.1, -0.05) is 27.2 Å². The van der Waals surface area contributed by atoms with Crippen molar-refractivity contribution in [3.63, 3.8) is 0 Å². The Morgan fingerprint density at radius 3 is 2.72 bits per heavy atom. The van der Waals surface area contributed by atoms with E-state index in [9.17, 15) is 4.79 Å². The molecule has 4 heteroatoms. The van der Waals surface area contributed by atoms with Crippen LogP contribution in [0.4, 0.5) is 0 Å². The first-order valence-electron chi connectivity index (χ1n) is 7.25. The molecule has 0 aromatic carbocycles. The molecule has 0 aromatic heterocycles. The van der Waals surface area contributed by atoms with Crippen LogP contribution in [0.25, 0.3) is 0 Å². The van der Waals surface area contributed by atoms with Crippen LogP contribution in [0.5, 0.6) is 0 Å². The third-order valence-electron chi connectivity index (χ3n) is 4.31. The lowest BCUT2D eigenvalue weighted by Crippen LogP contribution is -2.49. The van der Waals surface area contributed by atoms with Gasteiger partial charge in [0, 0.05) is 19.6 Å². The van der Waals surface area contributed by atoms with Gasteiger partial charge in [-0.15, -0.1) is 0 Å². The monoisotopic (exact) mass is 255 g/mol. The maximum Gasteiger partial charge on any atom is 0.239 e. The summed E-state index contributed by atoms with van der Waals surface area (Å²) in [5.41, 5.74) is 6.01. The second-order valence-electron chi connectivity index (χ2n) is 5.55. The molecule has 1 saturated heterocycles. The fourth-order valence-corrected chi connectivity index (χ4v) is 2.68. The van der Waals surface area contributed by atoms with Crippen molar-refractivity contribution in [3.05, 3.63) is 0 Å². The summed E-state index contributed by atoms with van der Waals surface area (Å²) in [6.07, 6.45) is 3.40. The Bertz CT molecular complexity index is 270. The highest BCUT2D eigenvalue weighted by Crippen LogP contribution is 2.18. The summed E-state index contributed by atoms with van der Waals surface area (Å²) >= 11 is 0. The van der Waals surface area contributed by atoms with Crippen molar-refractivity contribution >= 4 is 5.91 Å². The standard InChI is InChI=1S/C14H29N3O/c1-5-11(3)13(15)14(18)16(4)10-12-8-7-9-17(12)6-2/h11-13H,5-10,15H2,1-4H3/t11-,12?,13-/m0/s1. The molecule has 4 nitrogen and oxygen atoms in total. The third kappa shape index (κ3) is 3.69. The van der Waals surface area contributed by atoms with Crippen LogP contribution in [0, 0.1) is 5.92 Å². The summed E-state index contributed by atoms with van der Waals surface area (Å²) in [6, 6.07) is 0.171. The lowest BCUT2D eigenvalue weighted by molar-refractivity contribution is -0.133.